The average Bonchev–Trinajstić information content (AvgIpc) is 2.38. The summed E-state index contributed by atoms with van der Waals surface area (Å²) < 4.78 is 26.7. The van der Waals surface area contributed by atoms with Gasteiger partial charge in [-0.3, -0.25) is 0 Å². The maximum absolute atomic E-state index is 12.5. The molecule has 1 heterocycles. The van der Waals surface area contributed by atoms with E-state index < -0.39 is 16.1 Å². The summed E-state index contributed by atoms with van der Waals surface area (Å²) in [6.45, 7) is 1.69. The Labute approximate surface area is 121 Å². The molecule has 104 valence electrons. The summed E-state index contributed by atoms with van der Waals surface area (Å²) >= 11 is 3.21. The van der Waals surface area contributed by atoms with E-state index in [-0.39, 0.29) is 17.1 Å². The van der Waals surface area contributed by atoms with Crippen molar-refractivity contribution in [2.45, 2.75) is 24.3 Å². The van der Waals surface area contributed by atoms with Crippen LogP contribution in [0, 0.1) is 11.3 Å². The zero-order valence-electron chi connectivity index (χ0n) is 10.9. The van der Waals surface area contributed by atoms with Gasteiger partial charge in [0.05, 0.1) is 12.5 Å². The van der Waals surface area contributed by atoms with E-state index in [1.807, 2.05) is 6.07 Å². The summed E-state index contributed by atoms with van der Waals surface area (Å²) in [7, 11) is -0.637. The van der Waals surface area contributed by atoms with Crippen molar-refractivity contribution in [2.24, 2.45) is 0 Å². The summed E-state index contributed by atoms with van der Waals surface area (Å²) in [6.07, 6.45) is 1.65. The fourth-order valence-electron chi connectivity index (χ4n) is 1.46. The second-order valence-electron chi connectivity index (χ2n) is 3.98. The number of sulfonamides is 1. The van der Waals surface area contributed by atoms with E-state index >= 15 is 0 Å². The monoisotopic (exact) mass is 346 g/mol. The SMILES string of the molecule is CNc1ncc(Br)cc1S(=O)(=O)N(C)C(C)CC#N. The molecule has 1 aromatic rings. The van der Waals surface area contributed by atoms with Crippen molar-refractivity contribution in [2.75, 3.05) is 19.4 Å². The summed E-state index contributed by atoms with van der Waals surface area (Å²) in [5, 5.41) is 11.4. The molecule has 0 aromatic carbocycles. The first-order valence-corrected chi connectivity index (χ1v) is 7.76. The molecule has 1 unspecified atom stereocenters. The number of aromatic nitrogens is 1. The molecule has 0 aliphatic heterocycles. The van der Waals surface area contributed by atoms with Crippen LogP contribution in [-0.2, 0) is 10.0 Å². The van der Waals surface area contributed by atoms with Crippen molar-refractivity contribution in [3.63, 3.8) is 0 Å². The molecule has 0 bridgehead atoms. The summed E-state index contributed by atoms with van der Waals surface area (Å²) in [5.74, 6) is 0.277. The number of nitrogens with zero attached hydrogens (tertiary/aromatic N) is 3. The number of rotatable bonds is 5. The third kappa shape index (κ3) is 3.43. The van der Waals surface area contributed by atoms with Gasteiger partial charge >= 0.3 is 0 Å². The lowest BCUT2D eigenvalue weighted by Crippen LogP contribution is -2.35. The van der Waals surface area contributed by atoms with Crippen molar-refractivity contribution < 1.29 is 8.42 Å². The van der Waals surface area contributed by atoms with Crippen molar-refractivity contribution in [1.82, 2.24) is 9.29 Å². The van der Waals surface area contributed by atoms with Crippen LogP contribution in [0.2, 0.25) is 0 Å². The van der Waals surface area contributed by atoms with Crippen LogP contribution in [0.5, 0.6) is 0 Å². The van der Waals surface area contributed by atoms with E-state index in [0.717, 1.165) is 0 Å². The normalized spacial score (nSPS) is 13.1. The zero-order valence-corrected chi connectivity index (χ0v) is 13.3. The predicted molar refractivity (Wildman–Crippen MR) is 76.1 cm³/mol. The molecule has 0 spiro atoms. The van der Waals surface area contributed by atoms with E-state index in [1.54, 1.807) is 14.0 Å². The van der Waals surface area contributed by atoms with E-state index in [9.17, 15) is 8.42 Å². The van der Waals surface area contributed by atoms with E-state index in [1.165, 1.54) is 23.6 Å². The van der Waals surface area contributed by atoms with Gasteiger partial charge in [0.2, 0.25) is 10.0 Å². The molecule has 0 aliphatic carbocycles. The minimum atomic E-state index is -3.70. The summed E-state index contributed by atoms with van der Waals surface area (Å²) in [4.78, 5) is 4.10. The van der Waals surface area contributed by atoms with E-state index in [2.05, 4.69) is 26.2 Å². The maximum atomic E-state index is 12.5. The lowest BCUT2D eigenvalue weighted by molar-refractivity contribution is 0.393. The van der Waals surface area contributed by atoms with Crippen LogP contribution in [-0.4, -0.2) is 37.8 Å². The van der Waals surface area contributed by atoms with Gasteiger partial charge in [-0.2, -0.15) is 9.57 Å². The fourth-order valence-corrected chi connectivity index (χ4v) is 3.47. The Hall–Kier alpha value is -1.17. The van der Waals surface area contributed by atoms with Gasteiger partial charge < -0.3 is 5.32 Å². The molecule has 0 saturated heterocycles. The van der Waals surface area contributed by atoms with Crippen LogP contribution in [0.25, 0.3) is 0 Å². The van der Waals surface area contributed by atoms with Crippen LogP contribution in [0.15, 0.2) is 21.6 Å². The summed E-state index contributed by atoms with van der Waals surface area (Å²) in [6, 6.07) is 3.05. The molecule has 6 nitrogen and oxygen atoms in total. The van der Waals surface area contributed by atoms with Gasteiger partial charge in [0.15, 0.2) is 0 Å². The fraction of sp³-hybridized carbons (Fsp3) is 0.455. The Kier molecular flexibility index (Phi) is 5.29. The highest BCUT2D eigenvalue weighted by molar-refractivity contribution is 9.10. The lowest BCUT2D eigenvalue weighted by atomic mass is 10.3. The molecule has 8 heteroatoms. The summed E-state index contributed by atoms with van der Waals surface area (Å²) in [5.41, 5.74) is 0. The minimum Gasteiger partial charge on any atom is -0.372 e. The standard InChI is InChI=1S/C11H15BrN4O2S/c1-8(4-5-13)16(3)19(17,18)10-6-9(12)7-15-11(10)14-2/h6-8H,4H2,1-3H3,(H,14,15). The maximum Gasteiger partial charge on any atom is 0.246 e. The Morgan fingerprint density at radius 3 is 2.79 bits per heavy atom. The number of nitrogens with one attached hydrogen (secondary N) is 1. The van der Waals surface area contributed by atoms with Gasteiger partial charge in [0, 0.05) is 30.8 Å². The quantitative estimate of drug-likeness (QED) is 0.878. The highest BCUT2D eigenvalue weighted by Crippen LogP contribution is 2.26. The lowest BCUT2D eigenvalue weighted by Gasteiger charge is -2.23. The zero-order chi connectivity index (χ0) is 14.6. The molecular formula is C11H15BrN4O2S. The van der Waals surface area contributed by atoms with E-state index in [4.69, 9.17) is 5.26 Å². The number of hydrogen-bond acceptors (Lipinski definition) is 5. The molecule has 0 amide bonds. The average molecular weight is 347 g/mol. The van der Waals surface area contributed by atoms with Gasteiger partial charge in [-0.05, 0) is 28.9 Å². The van der Waals surface area contributed by atoms with Crippen LogP contribution in [0.1, 0.15) is 13.3 Å². The number of anilines is 1. The number of nitriles is 1. The largest absolute Gasteiger partial charge is 0.372 e. The van der Waals surface area contributed by atoms with Crippen molar-refractivity contribution in [1.29, 1.82) is 5.26 Å². The van der Waals surface area contributed by atoms with Crippen LogP contribution >= 0.6 is 15.9 Å². The van der Waals surface area contributed by atoms with E-state index in [0.29, 0.717) is 4.47 Å². The molecule has 1 aromatic heterocycles. The first-order chi connectivity index (χ1) is 8.84. The number of hydrogen-bond donors (Lipinski definition) is 1. The number of halogens is 1. The predicted octanol–water partition coefficient (Wildman–Crippen LogP) is 1.81. The molecule has 1 rings (SSSR count). The Morgan fingerprint density at radius 2 is 2.26 bits per heavy atom. The third-order valence-corrected chi connectivity index (χ3v) is 5.14. The van der Waals surface area contributed by atoms with Gasteiger partial charge in [0.1, 0.15) is 10.7 Å². The molecule has 0 aliphatic rings. The van der Waals surface area contributed by atoms with Crippen molar-refractivity contribution >= 4 is 31.8 Å². The molecular weight excluding hydrogens is 332 g/mol. The first-order valence-electron chi connectivity index (χ1n) is 5.53. The molecule has 1 atom stereocenters. The van der Waals surface area contributed by atoms with Crippen LogP contribution in [0.3, 0.4) is 0 Å². The van der Waals surface area contributed by atoms with Crippen LogP contribution in [0.4, 0.5) is 5.82 Å². The van der Waals surface area contributed by atoms with Gasteiger partial charge in [-0.1, -0.05) is 0 Å². The Bertz CT molecular complexity index is 597. The minimum absolute atomic E-state index is 0.0802. The topological polar surface area (TPSA) is 86.1 Å². The molecule has 0 saturated carbocycles. The highest BCUT2D eigenvalue weighted by atomic mass is 79.9. The van der Waals surface area contributed by atoms with Crippen molar-refractivity contribution in [3.05, 3.63) is 16.7 Å². The third-order valence-electron chi connectivity index (χ3n) is 2.72. The second kappa shape index (κ2) is 6.32. The smallest absolute Gasteiger partial charge is 0.246 e. The van der Waals surface area contributed by atoms with Gasteiger partial charge in [0.25, 0.3) is 0 Å². The Morgan fingerprint density at radius 1 is 1.63 bits per heavy atom. The molecule has 0 fully saturated rings. The van der Waals surface area contributed by atoms with Gasteiger partial charge in [-0.15, -0.1) is 0 Å². The highest BCUT2D eigenvalue weighted by Gasteiger charge is 2.28. The van der Waals surface area contributed by atoms with Crippen molar-refractivity contribution in [3.8, 4) is 6.07 Å². The van der Waals surface area contributed by atoms with Gasteiger partial charge in [-0.25, -0.2) is 13.4 Å². The first kappa shape index (κ1) is 15.9. The molecule has 1 N–H and O–H groups in total. The Balaban J connectivity index is 3.27. The molecule has 0 radical (unpaired) electrons. The molecule has 19 heavy (non-hydrogen) atoms. The number of pyridine rings is 1. The second-order valence-corrected chi connectivity index (χ2v) is 6.86. The van der Waals surface area contributed by atoms with Crippen LogP contribution < -0.4 is 5.32 Å².